The Morgan fingerprint density at radius 3 is 2.36 bits per heavy atom. The lowest BCUT2D eigenvalue weighted by Gasteiger charge is -2.44. The van der Waals surface area contributed by atoms with Gasteiger partial charge in [-0.3, -0.25) is 4.79 Å². The van der Waals surface area contributed by atoms with Gasteiger partial charge in [-0.2, -0.15) is 0 Å². The number of benzene rings is 1. The third kappa shape index (κ3) is 3.40. The number of carbonyl (C=O) groups excluding carboxylic acids is 1. The van der Waals surface area contributed by atoms with E-state index in [0.29, 0.717) is 11.1 Å². The summed E-state index contributed by atoms with van der Waals surface area (Å²) in [5.74, 6) is 0.158. The summed E-state index contributed by atoms with van der Waals surface area (Å²) in [5, 5.41) is 0. The molecule has 1 saturated carbocycles. The second kappa shape index (κ2) is 6.91. The first-order valence-electron chi connectivity index (χ1n) is 8.25. The molecule has 1 heterocycles. The number of anilines is 1. The Hall–Kier alpha value is -1.22. The van der Waals surface area contributed by atoms with Gasteiger partial charge in [0.2, 0.25) is 0 Å². The normalized spacial score (nSPS) is 20.5. The topological polar surface area (TPSA) is 46.3 Å². The second-order valence-electron chi connectivity index (χ2n) is 6.93. The van der Waals surface area contributed by atoms with E-state index in [-0.39, 0.29) is 18.3 Å². The molecule has 1 amide bonds. The molecule has 3 nitrogen and oxygen atoms in total. The molecule has 1 aliphatic heterocycles. The minimum absolute atomic E-state index is 0. The van der Waals surface area contributed by atoms with E-state index in [4.69, 9.17) is 5.73 Å². The molecule has 0 atom stereocenters. The lowest BCUT2D eigenvalue weighted by atomic mass is 9.68. The van der Waals surface area contributed by atoms with Gasteiger partial charge in [-0.1, -0.05) is 25.3 Å². The summed E-state index contributed by atoms with van der Waals surface area (Å²) < 4.78 is 0. The van der Waals surface area contributed by atoms with Gasteiger partial charge in [0.25, 0.3) is 5.91 Å². The summed E-state index contributed by atoms with van der Waals surface area (Å²) in [7, 11) is 0. The monoisotopic (exact) mass is 322 g/mol. The van der Waals surface area contributed by atoms with E-state index in [1.54, 1.807) is 0 Å². The third-order valence-corrected chi connectivity index (χ3v) is 5.52. The first kappa shape index (κ1) is 17.1. The van der Waals surface area contributed by atoms with E-state index in [0.717, 1.165) is 24.2 Å². The van der Waals surface area contributed by atoms with Crippen molar-refractivity contribution in [3.05, 3.63) is 29.3 Å². The number of nitrogens with two attached hydrogens (primary N) is 1. The number of hydrogen-bond acceptors (Lipinski definition) is 2. The van der Waals surface area contributed by atoms with Crippen molar-refractivity contribution in [3.63, 3.8) is 0 Å². The van der Waals surface area contributed by atoms with E-state index in [1.165, 1.54) is 44.9 Å². The predicted octanol–water partition coefficient (Wildman–Crippen LogP) is 4.19. The minimum Gasteiger partial charge on any atom is -0.399 e. The van der Waals surface area contributed by atoms with Crippen molar-refractivity contribution in [1.29, 1.82) is 0 Å². The Kier molecular flexibility index (Phi) is 5.38. The van der Waals surface area contributed by atoms with Gasteiger partial charge in [-0.25, -0.2) is 0 Å². The number of nitrogen functional groups attached to an aromatic ring is 1. The highest BCUT2D eigenvalue weighted by Crippen LogP contribution is 2.44. The highest BCUT2D eigenvalue weighted by molar-refractivity contribution is 5.96. The van der Waals surface area contributed by atoms with Crippen LogP contribution in [0.2, 0.25) is 0 Å². The predicted molar refractivity (Wildman–Crippen MR) is 93.5 cm³/mol. The number of likely N-dealkylation sites (tertiary alicyclic amines) is 1. The van der Waals surface area contributed by atoms with Crippen LogP contribution >= 0.6 is 12.4 Å². The van der Waals surface area contributed by atoms with Crippen LogP contribution in [0, 0.1) is 12.3 Å². The van der Waals surface area contributed by atoms with Crippen LogP contribution in [0.25, 0.3) is 0 Å². The molecule has 1 saturated heterocycles. The fourth-order valence-electron chi connectivity index (χ4n) is 4.03. The quantitative estimate of drug-likeness (QED) is 0.788. The SMILES string of the molecule is Cc1ccc(N)cc1C(=O)N1CCC2(CCCCC2)CC1.Cl. The van der Waals surface area contributed by atoms with E-state index >= 15 is 0 Å². The van der Waals surface area contributed by atoms with Gasteiger partial charge in [0.05, 0.1) is 0 Å². The van der Waals surface area contributed by atoms with Gasteiger partial charge in [-0.05, 0) is 55.7 Å². The van der Waals surface area contributed by atoms with Crippen molar-refractivity contribution in [2.24, 2.45) is 5.41 Å². The van der Waals surface area contributed by atoms with Crippen LogP contribution in [-0.4, -0.2) is 23.9 Å². The van der Waals surface area contributed by atoms with Crippen molar-refractivity contribution < 1.29 is 4.79 Å². The summed E-state index contributed by atoms with van der Waals surface area (Å²) >= 11 is 0. The molecule has 122 valence electrons. The maximum atomic E-state index is 12.7. The Morgan fingerprint density at radius 1 is 1.09 bits per heavy atom. The van der Waals surface area contributed by atoms with E-state index in [2.05, 4.69) is 0 Å². The number of halogens is 1. The molecular formula is C18H27ClN2O. The zero-order chi connectivity index (χ0) is 14.9. The van der Waals surface area contributed by atoms with Crippen LogP contribution in [0.5, 0.6) is 0 Å². The molecule has 0 unspecified atom stereocenters. The summed E-state index contributed by atoms with van der Waals surface area (Å²) in [4.78, 5) is 14.7. The highest BCUT2D eigenvalue weighted by atomic mass is 35.5. The zero-order valence-corrected chi connectivity index (χ0v) is 14.3. The fraction of sp³-hybridized carbons (Fsp3) is 0.611. The first-order chi connectivity index (χ1) is 10.1. The Labute approximate surface area is 139 Å². The lowest BCUT2D eigenvalue weighted by Crippen LogP contribution is -2.44. The van der Waals surface area contributed by atoms with Crippen molar-refractivity contribution in [2.45, 2.75) is 51.9 Å². The second-order valence-corrected chi connectivity index (χ2v) is 6.93. The van der Waals surface area contributed by atoms with Gasteiger partial charge in [0.1, 0.15) is 0 Å². The Morgan fingerprint density at radius 2 is 1.73 bits per heavy atom. The molecule has 1 aliphatic carbocycles. The van der Waals surface area contributed by atoms with Gasteiger partial charge in [-0.15, -0.1) is 12.4 Å². The van der Waals surface area contributed by atoms with Crippen LogP contribution in [-0.2, 0) is 0 Å². The largest absolute Gasteiger partial charge is 0.399 e. The maximum Gasteiger partial charge on any atom is 0.254 e. The average Bonchev–Trinajstić information content (AvgIpc) is 2.51. The summed E-state index contributed by atoms with van der Waals surface area (Å²) in [6, 6.07) is 5.62. The van der Waals surface area contributed by atoms with Crippen molar-refractivity contribution in [3.8, 4) is 0 Å². The Bertz CT molecular complexity index is 528. The molecule has 1 spiro atoms. The van der Waals surface area contributed by atoms with Crippen LogP contribution in [0.4, 0.5) is 5.69 Å². The molecule has 3 rings (SSSR count). The zero-order valence-electron chi connectivity index (χ0n) is 13.4. The fourth-order valence-corrected chi connectivity index (χ4v) is 4.03. The molecule has 1 aromatic carbocycles. The van der Waals surface area contributed by atoms with E-state index < -0.39 is 0 Å². The molecule has 2 aliphatic rings. The summed E-state index contributed by atoms with van der Waals surface area (Å²) in [5.41, 5.74) is 8.84. The molecular weight excluding hydrogens is 296 g/mol. The van der Waals surface area contributed by atoms with Gasteiger partial charge < -0.3 is 10.6 Å². The lowest BCUT2D eigenvalue weighted by molar-refractivity contribution is 0.0471. The molecule has 0 bridgehead atoms. The van der Waals surface area contributed by atoms with Crippen molar-refractivity contribution >= 4 is 24.0 Å². The third-order valence-electron chi connectivity index (χ3n) is 5.52. The molecule has 22 heavy (non-hydrogen) atoms. The average molecular weight is 323 g/mol. The standard InChI is InChI=1S/C18H26N2O.ClH/c1-14-5-6-15(19)13-16(14)17(21)20-11-9-18(10-12-20)7-3-2-4-8-18;/h5-6,13H,2-4,7-12,19H2,1H3;1H. The van der Waals surface area contributed by atoms with Gasteiger partial charge >= 0.3 is 0 Å². The summed E-state index contributed by atoms with van der Waals surface area (Å²) in [6.45, 7) is 3.80. The summed E-state index contributed by atoms with van der Waals surface area (Å²) in [6.07, 6.45) is 9.25. The van der Waals surface area contributed by atoms with Crippen LogP contribution in [0.1, 0.15) is 60.9 Å². The van der Waals surface area contributed by atoms with Crippen molar-refractivity contribution in [2.75, 3.05) is 18.8 Å². The highest BCUT2D eigenvalue weighted by Gasteiger charge is 2.36. The number of amides is 1. The van der Waals surface area contributed by atoms with Crippen LogP contribution in [0.3, 0.4) is 0 Å². The molecule has 4 heteroatoms. The molecule has 2 N–H and O–H groups in total. The number of carbonyl (C=O) groups is 1. The van der Waals surface area contributed by atoms with Gasteiger partial charge in [0, 0.05) is 24.3 Å². The number of piperidine rings is 1. The van der Waals surface area contributed by atoms with E-state index in [1.807, 2.05) is 30.0 Å². The Balaban J connectivity index is 0.00000176. The number of rotatable bonds is 1. The van der Waals surface area contributed by atoms with Gasteiger partial charge in [0.15, 0.2) is 0 Å². The molecule has 0 radical (unpaired) electrons. The van der Waals surface area contributed by atoms with E-state index in [9.17, 15) is 4.79 Å². The number of nitrogens with zero attached hydrogens (tertiary/aromatic N) is 1. The number of hydrogen-bond donors (Lipinski definition) is 1. The van der Waals surface area contributed by atoms with Crippen LogP contribution < -0.4 is 5.73 Å². The molecule has 1 aromatic rings. The van der Waals surface area contributed by atoms with Crippen molar-refractivity contribution in [1.82, 2.24) is 4.90 Å². The first-order valence-corrected chi connectivity index (χ1v) is 8.25. The van der Waals surface area contributed by atoms with Crippen LogP contribution in [0.15, 0.2) is 18.2 Å². The molecule has 0 aromatic heterocycles. The smallest absolute Gasteiger partial charge is 0.254 e. The maximum absolute atomic E-state index is 12.7. The minimum atomic E-state index is 0. The molecule has 2 fully saturated rings. The number of aryl methyl sites for hydroxylation is 1.